The lowest BCUT2D eigenvalue weighted by atomic mass is 10.1. The Balaban J connectivity index is 3.10. The summed E-state index contributed by atoms with van der Waals surface area (Å²) in [7, 11) is 0. The van der Waals surface area contributed by atoms with Crippen molar-refractivity contribution in [2.24, 2.45) is 0 Å². The summed E-state index contributed by atoms with van der Waals surface area (Å²) in [5, 5.41) is 0. The van der Waals surface area contributed by atoms with Gasteiger partial charge in [-0.25, -0.2) is 0 Å². The minimum absolute atomic E-state index is 0.455. The highest BCUT2D eigenvalue weighted by Crippen LogP contribution is 2.10. The molecule has 0 fully saturated rings. The van der Waals surface area contributed by atoms with Gasteiger partial charge < -0.3 is 9.47 Å². The van der Waals surface area contributed by atoms with Gasteiger partial charge in [0.2, 0.25) is 0 Å². The molecule has 0 spiro atoms. The largest absolute Gasteiger partial charge is 0.355 e. The molecule has 0 saturated heterocycles. The Kier molecular flexibility index (Phi) is 25.8. The van der Waals surface area contributed by atoms with E-state index in [1.807, 2.05) is 0 Å². The first-order chi connectivity index (χ1) is 13.9. The standard InChI is InChI=1S/C26H50O2/c1-3-5-7-9-10-11-12-13-14-15-16-17-18-19-21-23-25-28-26-27-24-22-20-8-6-4-2/h9-10,19,21H,3-8,11-18,20,22-26H2,1-2H3/b10-9+,21-19-. The van der Waals surface area contributed by atoms with Crippen molar-refractivity contribution in [1.82, 2.24) is 0 Å². The minimum Gasteiger partial charge on any atom is -0.355 e. The van der Waals surface area contributed by atoms with Gasteiger partial charge in [-0.05, 0) is 44.9 Å². The molecule has 0 atom stereocenters. The lowest BCUT2D eigenvalue weighted by molar-refractivity contribution is -0.0531. The summed E-state index contributed by atoms with van der Waals surface area (Å²) in [6, 6.07) is 0. The average molecular weight is 395 g/mol. The molecule has 0 rings (SSSR count). The molecule has 28 heavy (non-hydrogen) atoms. The number of hydrogen-bond acceptors (Lipinski definition) is 2. The molecule has 2 nitrogen and oxygen atoms in total. The predicted molar refractivity (Wildman–Crippen MR) is 125 cm³/mol. The number of ether oxygens (including phenoxy) is 2. The molecule has 0 aliphatic carbocycles. The van der Waals surface area contributed by atoms with Gasteiger partial charge in [-0.3, -0.25) is 0 Å². The van der Waals surface area contributed by atoms with Gasteiger partial charge in [0.1, 0.15) is 6.79 Å². The van der Waals surface area contributed by atoms with Crippen LogP contribution in [0.3, 0.4) is 0 Å². The monoisotopic (exact) mass is 394 g/mol. The minimum atomic E-state index is 0.455. The Morgan fingerprint density at radius 1 is 0.429 bits per heavy atom. The van der Waals surface area contributed by atoms with Gasteiger partial charge in [-0.2, -0.15) is 0 Å². The van der Waals surface area contributed by atoms with Crippen LogP contribution in [-0.2, 0) is 9.47 Å². The zero-order valence-electron chi connectivity index (χ0n) is 19.3. The van der Waals surface area contributed by atoms with Gasteiger partial charge in [0.25, 0.3) is 0 Å². The molecule has 0 aromatic carbocycles. The molecule has 0 aliphatic heterocycles. The molecule has 0 radical (unpaired) electrons. The third-order valence-corrected chi connectivity index (χ3v) is 5.04. The number of allylic oxidation sites excluding steroid dienone is 3. The Morgan fingerprint density at radius 2 is 0.893 bits per heavy atom. The Morgan fingerprint density at radius 3 is 1.54 bits per heavy atom. The third-order valence-electron chi connectivity index (χ3n) is 5.04. The zero-order valence-corrected chi connectivity index (χ0v) is 19.3. The second-order valence-electron chi connectivity index (χ2n) is 7.92. The highest BCUT2D eigenvalue weighted by atomic mass is 16.7. The van der Waals surface area contributed by atoms with E-state index < -0.39 is 0 Å². The van der Waals surface area contributed by atoms with Gasteiger partial charge in [0, 0.05) is 6.61 Å². The van der Waals surface area contributed by atoms with Crippen molar-refractivity contribution < 1.29 is 9.47 Å². The number of hydrogen-bond donors (Lipinski definition) is 0. The molecule has 0 N–H and O–H groups in total. The summed E-state index contributed by atoms with van der Waals surface area (Å²) >= 11 is 0. The van der Waals surface area contributed by atoms with Crippen LogP contribution in [0.2, 0.25) is 0 Å². The van der Waals surface area contributed by atoms with Crippen LogP contribution in [0.25, 0.3) is 0 Å². The summed E-state index contributed by atoms with van der Waals surface area (Å²) in [6.45, 7) is 6.58. The summed E-state index contributed by atoms with van der Waals surface area (Å²) in [4.78, 5) is 0. The molecule has 166 valence electrons. The molecule has 0 amide bonds. The molecule has 0 bridgehead atoms. The maximum absolute atomic E-state index is 5.50. The van der Waals surface area contributed by atoms with E-state index >= 15 is 0 Å². The lowest BCUT2D eigenvalue weighted by Crippen LogP contribution is -2.02. The fourth-order valence-electron chi connectivity index (χ4n) is 3.16. The van der Waals surface area contributed by atoms with E-state index in [9.17, 15) is 0 Å². The van der Waals surface area contributed by atoms with E-state index in [1.165, 1.54) is 103 Å². The second kappa shape index (κ2) is 26.4. The van der Waals surface area contributed by atoms with Gasteiger partial charge in [0.05, 0.1) is 6.61 Å². The van der Waals surface area contributed by atoms with Gasteiger partial charge in [-0.15, -0.1) is 0 Å². The average Bonchev–Trinajstić information content (AvgIpc) is 2.71. The van der Waals surface area contributed by atoms with Crippen molar-refractivity contribution >= 4 is 0 Å². The van der Waals surface area contributed by atoms with Crippen molar-refractivity contribution in [1.29, 1.82) is 0 Å². The van der Waals surface area contributed by atoms with Crippen LogP contribution in [0, 0.1) is 0 Å². The first-order valence-electron chi connectivity index (χ1n) is 12.4. The SMILES string of the molecule is CCCC/C=C/CCCCCCCC/C=C\CCOCOCCCCCCC. The normalized spacial score (nSPS) is 11.9. The van der Waals surface area contributed by atoms with E-state index in [4.69, 9.17) is 9.47 Å². The number of unbranched alkanes of at least 4 members (excludes halogenated alkanes) is 13. The number of rotatable bonds is 23. The van der Waals surface area contributed by atoms with E-state index in [1.54, 1.807) is 0 Å². The van der Waals surface area contributed by atoms with Crippen LogP contribution < -0.4 is 0 Å². The van der Waals surface area contributed by atoms with Gasteiger partial charge >= 0.3 is 0 Å². The van der Waals surface area contributed by atoms with Crippen molar-refractivity contribution in [3.8, 4) is 0 Å². The van der Waals surface area contributed by atoms with Crippen molar-refractivity contribution in [2.45, 2.75) is 123 Å². The summed E-state index contributed by atoms with van der Waals surface area (Å²) < 4.78 is 11.0. The lowest BCUT2D eigenvalue weighted by Gasteiger charge is -2.04. The van der Waals surface area contributed by atoms with E-state index in [2.05, 4.69) is 38.2 Å². The Bertz CT molecular complexity index is 322. The quantitative estimate of drug-likeness (QED) is 0.0979. The van der Waals surface area contributed by atoms with E-state index in [0.717, 1.165) is 19.6 Å². The smallest absolute Gasteiger partial charge is 0.146 e. The zero-order chi connectivity index (χ0) is 20.4. The fraction of sp³-hybridized carbons (Fsp3) is 0.846. The van der Waals surface area contributed by atoms with Crippen molar-refractivity contribution in [2.75, 3.05) is 20.0 Å². The Hall–Kier alpha value is -0.600. The molecule has 2 heteroatoms. The highest BCUT2D eigenvalue weighted by molar-refractivity contribution is 4.82. The maximum Gasteiger partial charge on any atom is 0.146 e. The second-order valence-corrected chi connectivity index (χ2v) is 7.92. The van der Waals surface area contributed by atoms with Gasteiger partial charge in [0.15, 0.2) is 0 Å². The molecule has 0 heterocycles. The van der Waals surface area contributed by atoms with Crippen LogP contribution in [0.5, 0.6) is 0 Å². The van der Waals surface area contributed by atoms with E-state index in [-0.39, 0.29) is 0 Å². The van der Waals surface area contributed by atoms with Crippen LogP contribution in [-0.4, -0.2) is 20.0 Å². The fourth-order valence-corrected chi connectivity index (χ4v) is 3.16. The Labute approximate surface area is 177 Å². The highest BCUT2D eigenvalue weighted by Gasteiger charge is 1.92. The van der Waals surface area contributed by atoms with E-state index in [0.29, 0.717) is 6.79 Å². The van der Waals surface area contributed by atoms with Crippen molar-refractivity contribution in [3.63, 3.8) is 0 Å². The third kappa shape index (κ3) is 25.4. The first-order valence-corrected chi connectivity index (χ1v) is 12.4. The van der Waals surface area contributed by atoms with Crippen LogP contribution in [0.4, 0.5) is 0 Å². The van der Waals surface area contributed by atoms with Gasteiger partial charge in [-0.1, -0.05) is 102 Å². The first kappa shape index (κ1) is 27.4. The molecule has 0 aliphatic rings. The molecular formula is C26H50O2. The van der Waals surface area contributed by atoms with Crippen LogP contribution in [0.15, 0.2) is 24.3 Å². The summed E-state index contributed by atoms with van der Waals surface area (Å²) in [5.41, 5.74) is 0. The molecular weight excluding hydrogens is 344 g/mol. The van der Waals surface area contributed by atoms with Crippen LogP contribution in [0.1, 0.15) is 123 Å². The predicted octanol–water partition coefficient (Wildman–Crippen LogP) is 8.76. The summed E-state index contributed by atoms with van der Waals surface area (Å²) in [5.74, 6) is 0. The maximum atomic E-state index is 5.50. The topological polar surface area (TPSA) is 18.5 Å². The summed E-state index contributed by atoms with van der Waals surface area (Å²) in [6.07, 6.45) is 31.4. The molecule has 0 saturated carbocycles. The molecule has 0 aromatic rings. The molecule has 0 aromatic heterocycles. The van der Waals surface area contributed by atoms with Crippen LogP contribution >= 0.6 is 0 Å². The van der Waals surface area contributed by atoms with Crippen molar-refractivity contribution in [3.05, 3.63) is 24.3 Å². The molecule has 0 unspecified atom stereocenters.